The van der Waals surface area contributed by atoms with Crippen LogP contribution in [0.2, 0.25) is 0 Å². The van der Waals surface area contributed by atoms with Crippen LogP contribution in [-0.2, 0) is 6.42 Å². The predicted molar refractivity (Wildman–Crippen MR) is 78.8 cm³/mol. The Morgan fingerprint density at radius 1 is 1.14 bits per heavy atom. The minimum absolute atomic E-state index is 0.154. The van der Waals surface area contributed by atoms with Crippen molar-refractivity contribution in [1.29, 1.82) is 0 Å². The van der Waals surface area contributed by atoms with Crippen LogP contribution in [-0.4, -0.2) is 29.8 Å². The van der Waals surface area contributed by atoms with Gasteiger partial charge in [0, 0.05) is 12.1 Å². The Morgan fingerprint density at radius 3 is 2.67 bits per heavy atom. The molecule has 0 aromatic heterocycles. The summed E-state index contributed by atoms with van der Waals surface area (Å²) < 4.78 is 5.07. The number of nitrogens with one attached hydrogen (secondary N) is 1. The molecule has 0 atom stereocenters. The zero-order valence-corrected chi connectivity index (χ0v) is 11.7. The van der Waals surface area contributed by atoms with Gasteiger partial charge >= 0.3 is 0 Å². The molecule has 0 radical (unpaired) electrons. The minimum Gasteiger partial charge on any atom is -0.504 e. The third-order valence-electron chi connectivity index (χ3n) is 3.07. The first-order chi connectivity index (χ1) is 10.1. The van der Waals surface area contributed by atoms with Gasteiger partial charge in [0.15, 0.2) is 11.5 Å². The fourth-order valence-corrected chi connectivity index (χ4v) is 1.91. The van der Waals surface area contributed by atoms with E-state index in [0.29, 0.717) is 24.3 Å². The van der Waals surface area contributed by atoms with Crippen molar-refractivity contribution >= 4 is 5.91 Å². The Labute approximate surface area is 122 Å². The normalized spacial score (nSPS) is 10.1. The van der Waals surface area contributed by atoms with Gasteiger partial charge < -0.3 is 20.3 Å². The van der Waals surface area contributed by atoms with Crippen LogP contribution >= 0.6 is 0 Å². The van der Waals surface area contributed by atoms with Crippen LogP contribution in [0.25, 0.3) is 0 Å². The van der Waals surface area contributed by atoms with E-state index in [0.717, 1.165) is 5.56 Å². The Morgan fingerprint density at radius 2 is 1.95 bits per heavy atom. The van der Waals surface area contributed by atoms with Gasteiger partial charge in [-0.1, -0.05) is 12.1 Å². The third-order valence-corrected chi connectivity index (χ3v) is 3.07. The van der Waals surface area contributed by atoms with Gasteiger partial charge in [-0.3, -0.25) is 4.79 Å². The van der Waals surface area contributed by atoms with Gasteiger partial charge in [0.25, 0.3) is 5.91 Å². The smallest absolute Gasteiger partial charge is 0.251 e. The summed E-state index contributed by atoms with van der Waals surface area (Å²) in [6.45, 7) is 0.431. The Balaban J connectivity index is 1.90. The SMILES string of the molecule is COc1cccc(C(=O)NCCc2ccc(O)c(O)c2)c1. The van der Waals surface area contributed by atoms with Crippen molar-refractivity contribution < 1.29 is 19.7 Å². The molecule has 2 aromatic rings. The van der Waals surface area contributed by atoms with Crippen molar-refractivity contribution in [2.45, 2.75) is 6.42 Å². The lowest BCUT2D eigenvalue weighted by atomic mass is 10.1. The third kappa shape index (κ3) is 3.89. The van der Waals surface area contributed by atoms with E-state index in [-0.39, 0.29) is 17.4 Å². The van der Waals surface area contributed by atoms with E-state index in [2.05, 4.69) is 5.32 Å². The molecule has 0 saturated heterocycles. The maximum atomic E-state index is 12.0. The molecule has 0 aliphatic heterocycles. The van der Waals surface area contributed by atoms with Crippen molar-refractivity contribution in [1.82, 2.24) is 5.32 Å². The lowest BCUT2D eigenvalue weighted by molar-refractivity contribution is 0.0954. The first-order valence-electron chi connectivity index (χ1n) is 6.53. The fourth-order valence-electron chi connectivity index (χ4n) is 1.91. The molecular weight excluding hydrogens is 270 g/mol. The standard InChI is InChI=1S/C16H17NO4/c1-21-13-4-2-3-12(10-13)16(20)17-8-7-11-5-6-14(18)15(19)9-11/h2-6,9-10,18-19H,7-8H2,1H3,(H,17,20). The molecule has 2 rings (SSSR count). The van der Waals surface area contributed by atoms with Crippen molar-refractivity contribution in [2.75, 3.05) is 13.7 Å². The average molecular weight is 287 g/mol. The quantitative estimate of drug-likeness (QED) is 0.736. The maximum absolute atomic E-state index is 12.0. The van der Waals surface area contributed by atoms with E-state index in [1.54, 1.807) is 37.4 Å². The zero-order chi connectivity index (χ0) is 15.2. The number of rotatable bonds is 5. The number of carbonyl (C=O) groups is 1. The molecule has 0 aliphatic carbocycles. The van der Waals surface area contributed by atoms with Crippen LogP contribution in [0.1, 0.15) is 15.9 Å². The number of hydrogen-bond acceptors (Lipinski definition) is 4. The van der Waals surface area contributed by atoms with Gasteiger partial charge in [-0.05, 0) is 42.3 Å². The van der Waals surface area contributed by atoms with E-state index >= 15 is 0 Å². The van der Waals surface area contributed by atoms with Crippen molar-refractivity contribution in [3.8, 4) is 17.2 Å². The highest BCUT2D eigenvalue weighted by molar-refractivity contribution is 5.94. The van der Waals surface area contributed by atoms with Gasteiger partial charge in [-0.25, -0.2) is 0 Å². The number of ether oxygens (including phenoxy) is 1. The lowest BCUT2D eigenvalue weighted by Crippen LogP contribution is -2.25. The van der Waals surface area contributed by atoms with Gasteiger partial charge in [0.1, 0.15) is 5.75 Å². The van der Waals surface area contributed by atoms with E-state index in [9.17, 15) is 15.0 Å². The molecule has 0 aliphatic rings. The average Bonchev–Trinajstić information content (AvgIpc) is 2.50. The second-order valence-electron chi connectivity index (χ2n) is 4.56. The van der Waals surface area contributed by atoms with Crippen LogP contribution in [0.5, 0.6) is 17.2 Å². The minimum atomic E-state index is -0.183. The second kappa shape index (κ2) is 6.65. The van der Waals surface area contributed by atoms with E-state index < -0.39 is 0 Å². The number of aromatic hydroxyl groups is 2. The van der Waals surface area contributed by atoms with Crippen LogP contribution < -0.4 is 10.1 Å². The molecule has 0 bridgehead atoms. The molecule has 1 amide bonds. The van der Waals surface area contributed by atoms with Crippen molar-refractivity contribution in [3.05, 3.63) is 53.6 Å². The number of carbonyl (C=O) groups excluding carboxylic acids is 1. The van der Waals surface area contributed by atoms with Crippen LogP contribution in [0.3, 0.4) is 0 Å². The van der Waals surface area contributed by atoms with E-state index in [1.165, 1.54) is 12.1 Å². The molecule has 0 unspecified atom stereocenters. The highest BCUT2D eigenvalue weighted by atomic mass is 16.5. The summed E-state index contributed by atoms with van der Waals surface area (Å²) in [4.78, 5) is 12.0. The summed E-state index contributed by atoms with van der Waals surface area (Å²) in [5, 5.41) is 21.4. The molecule has 21 heavy (non-hydrogen) atoms. The fraction of sp³-hybridized carbons (Fsp3) is 0.188. The molecule has 0 fully saturated rings. The molecule has 2 aromatic carbocycles. The second-order valence-corrected chi connectivity index (χ2v) is 4.56. The number of phenolic OH excluding ortho intramolecular Hbond substituents is 2. The van der Waals surface area contributed by atoms with Gasteiger partial charge in [-0.2, -0.15) is 0 Å². The number of phenols is 2. The molecule has 0 heterocycles. The number of amides is 1. The summed E-state index contributed by atoms with van der Waals surface area (Å²) in [6.07, 6.45) is 0.559. The lowest BCUT2D eigenvalue weighted by Gasteiger charge is -2.07. The number of benzene rings is 2. The summed E-state index contributed by atoms with van der Waals surface area (Å²) in [5.74, 6) is 0.133. The molecule has 0 spiro atoms. The van der Waals surface area contributed by atoms with E-state index in [4.69, 9.17) is 4.74 Å². The van der Waals surface area contributed by atoms with Crippen LogP contribution in [0.15, 0.2) is 42.5 Å². The summed E-state index contributed by atoms with van der Waals surface area (Å²) >= 11 is 0. The number of hydrogen-bond donors (Lipinski definition) is 3. The first kappa shape index (κ1) is 14.7. The largest absolute Gasteiger partial charge is 0.504 e. The molecule has 5 heteroatoms. The highest BCUT2D eigenvalue weighted by Crippen LogP contribution is 2.24. The zero-order valence-electron chi connectivity index (χ0n) is 11.7. The van der Waals surface area contributed by atoms with Crippen molar-refractivity contribution in [2.24, 2.45) is 0 Å². The maximum Gasteiger partial charge on any atom is 0.251 e. The summed E-state index contributed by atoms with van der Waals surface area (Å²) in [6, 6.07) is 11.5. The molecule has 0 saturated carbocycles. The van der Waals surface area contributed by atoms with Crippen LogP contribution in [0.4, 0.5) is 0 Å². The monoisotopic (exact) mass is 287 g/mol. The Kier molecular flexibility index (Phi) is 4.66. The Bertz CT molecular complexity index is 640. The number of methoxy groups -OCH3 is 1. The summed E-state index contributed by atoms with van der Waals surface area (Å²) in [5.41, 5.74) is 1.36. The molecule has 3 N–H and O–H groups in total. The molecule has 110 valence electrons. The topological polar surface area (TPSA) is 78.8 Å². The van der Waals surface area contributed by atoms with E-state index in [1.807, 2.05) is 0 Å². The van der Waals surface area contributed by atoms with Crippen molar-refractivity contribution in [3.63, 3.8) is 0 Å². The first-order valence-corrected chi connectivity index (χ1v) is 6.53. The predicted octanol–water partition coefficient (Wildman–Crippen LogP) is 2.08. The van der Waals surface area contributed by atoms with Gasteiger partial charge in [-0.15, -0.1) is 0 Å². The van der Waals surface area contributed by atoms with Gasteiger partial charge in [0.2, 0.25) is 0 Å². The Hall–Kier alpha value is -2.69. The highest BCUT2D eigenvalue weighted by Gasteiger charge is 2.06. The molecule has 5 nitrogen and oxygen atoms in total. The molecular formula is C16H17NO4. The van der Waals surface area contributed by atoms with Crippen LogP contribution in [0, 0.1) is 0 Å². The van der Waals surface area contributed by atoms with Gasteiger partial charge in [0.05, 0.1) is 7.11 Å². The summed E-state index contributed by atoms with van der Waals surface area (Å²) in [7, 11) is 1.55.